The monoisotopic (exact) mass is 194 g/mol. The van der Waals surface area contributed by atoms with E-state index in [2.05, 4.69) is 56.0 Å². The Hall–Kier alpha value is -0.350. The smallest absolute Gasteiger partial charge is 0.0129 e. The lowest BCUT2D eigenvalue weighted by Gasteiger charge is -2.23. The molecule has 1 unspecified atom stereocenters. The molecule has 13 heavy (non-hydrogen) atoms. The summed E-state index contributed by atoms with van der Waals surface area (Å²) in [6, 6.07) is 4.45. The van der Waals surface area contributed by atoms with Crippen LogP contribution in [0.1, 0.15) is 37.5 Å². The van der Waals surface area contributed by atoms with Crippen molar-refractivity contribution in [1.29, 1.82) is 0 Å². The summed E-state index contributed by atoms with van der Waals surface area (Å²) in [5, 5.41) is 1.35. The Labute approximate surface area is 84.0 Å². The van der Waals surface area contributed by atoms with E-state index in [1.807, 2.05) is 0 Å². The van der Waals surface area contributed by atoms with E-state index < -0.39 is 0 Å². The Morgan fingerprint density at radius 2 is 1.62 bits per heavy atom. The van der Waals surface area contributed by atoms with Crippen LogP contribution in [-0.4, -0.2) is 0 Å². The molecule has 0 N–H and O–H groups in total. The summed E-state index contributed by atoms with van der Waals surface area (Å²) in [5.74, 6) is 0. The minimum Gasteiger partial charge on any atom is -0.105 e. The molecular formula is C12H19P. The first-order valence-electron chi connectivity index (χ1n) is 4.70. The molecule has 0 aliphatic rings. The maximum Gasteiger partial charge on any atom is -0.0129 e. The fourth-order valence-electron chi connectivity index (χ4n) is 1.68. The first-order valence-corrected chi connectivity index (χ1v) is 5.28. The maximum atomic E-state index is 2.84. The first-order chi connectivity index (χ1) is 5.84. The third-order valence-electron chi connectivity index (χ3n) is 2.54. The van der Waals surface area contributed by atoms with Crippen LogP contribution in [0.3, 0.4) is 0 Å². The lowest BCUT2D eigenvalue weighted by atomic mass is 9.83. The molecule has 0 aromatic heterocycles. The van der Waals surface area contributed by atoms with Gasteiger partial charge in [0.1, 0.15) is 0 Å². The van der Waals surface area contributed by atoms with Gasteiger partial charge in [-0.2, -0.15) is 0 Å². The quantitative estimate of drug-likeness (QED) is 0.557. The molecule has 0 aliphatic carbocycles. The molecule has 0 heterocycles. The van der Waals surface area contributed by atoms with Crippen LogP contribution in [0.25, 0.3) is 0 Å². The summed E-state index contributed by atoms with van der Waals surface area (Å²) in [7, 11) is 2.84. The summed E-state index contributed by atoms with van der Waals surface area (Å²) < 4.78 is 0. The van der Waals surface area contributed by atoms with Gasteiger partial charge in [-0.1, -0.05) is 32.9 Å². The topological polar surface area (TPSA) is 0 Å². The molecule has 0 radical (unpaired) electrons. The molecule has 0 bridgehead atoms. The molecule has 1 heteroatoms. The van der Waals surface area contributed by atoms with Gasteiger partial charge in [0.05, 0.1) is 0 Å². The zero-order valence-electron chi connectivity index (χ0n) is 9.23. The molecule has 0 spiro atoms. The Kier molecular flexibility index (Phi) is 2.82. The average molecular weight is 194 g/mol. The third-order valence-corrected chi connectivity index (χ3v) is 3.43. The SMILES string of the molecule is Cc1ccc(C(C)(C)C)c(C)c1P. The predicted molar refractivity (Wildman–Crippen MR) is 64.0 cm³/mol. The molecule has 0 saturated carbocycles. The van der Waals surface area contributed by atoms with Crippen LogP contribution in [0.2, 0.25) is 0 Å². The van der Waals surface area contributed by atoms with Crippen molar-refractivity contribution in [2.75, 3.05) is 0 Å². The van der Waals surface area contributed by atoms with Crippen molar-refractivity contribution in [2.24, 2.45) is 0 Å². The second kappa shape index (κ2) is 3.42. The lowest BCUT2D eigenvalue weighted by Crippen LogP contribution is -2.17. The van der Waals surface area contributed by atoms with Gasteiger partial charge in [0, 0.05) is 0 Å². The minimum atomic E-state index is 0.253. The van der Waals surface area contributed by atoms with Crippen LogP contribution in [0.15, 0.2) is 12.1 Å². The molecule has 1 aromatic rings. The lowest BCUT2D eigenvalue weighted by molar-refractivity contribution is 0.586. The molecule has 1 rings (SSSR count). The fourth-order valence-corrected chi connectivity index (χ4v) is 1.93. The van der Waals surface area contributed by atoms with Crippen LogP contribution in [0.5, 0.6) is 0 Å². The molecule has 1 atom stereocenters. The van der Waals surface area contributed by atoms with Crippen molar-refractivity contribution in [2.45, 2.75) is 40.0 Å². The van der Waals surface area contributed by atoms with Gasteiger partial charge in [-0.05, 0) is 41.3 Å². The van der Waals surface area contributed by atoms with E-state index in [0.29, 0.717) is 0 Å². The standard InChI is InChI=1S/C12H19P/c1-8-6-7-10(12(3,4)5)9(2)11(8)13/h6-7H,13H2,1-5H3. The van der Waals surface area contributed by atoms with Crippen LogP contribution < -0.4 is 5.30 Å². The molecule has 72 valence electrons. The maximum absolute atomic E-state index is 2.84. The van der Waals surface area contributed by atoms with Gasteiger partial charge < -0.3 is 0 Å². The second-order valence-electron chi connectivity index (χ2n) is 4.72. The average Bonchev–Trinajstić information content (AvgIpc) is 1.98. The molecule has 0 saturated heterocycles. The second-order valence-corrected chi connectivity index (χ2v) is 5.30. The van der Waals surface area contributed by atoms with Crippen LogP contribution in [0.4, 0.5) is 0 Å². The molecule has 0 nitrogen and oxygen atoms in total. The summed E-state index contributed by atoms with van der Waals surface area (Å²) >= 11 is 0. The van der Waals surface area contributed by atoms with Gasteiger partial charge in [0.2, 0.25) is 0 Å². The highest BCUT2D eigenvalue weighted by Gasteiger charge is 2.17. The Morgan fingerprint density at radius 3 is 2.08 bits per heavy atom. The van der Waals surface area contributed by atoms with Crippen LogP contribution >= 0.6 is 9.24 Å². The van der Waals surface area contributed by atoms with E-state index in [1.165, 1.54) is 22.0 Å². The van der Waals surface area contributed by atoms with E-state index in [0.717, 1.165) is 0 Å². The van der Waals surface area contributed by atoms with Crippen molar-refractivity contribution in [1.82, 2.24) is 0 Å². The summed E-state index contributed by atoms with van der Waals surface area (Å²) in [6.45, 7) is 11.1. The summed E-state index contributed by atoms with van der Waals surface area (Å²) in [5.41, 5.74) is 4.47. The van der Waals surface area contributed by atoms with Gasteiger partial charge in [0.15, 0.2) is 0 Å². The van der Waals surface area contributed by atoms with E-state index in [9.17, 15) is 0 Å². The zero-order valence-corrected chi connectivity index (χ0v) is 10.4. The molecule has 0 fully saturated rings. The highest BCUT2D eigenvalue weighted by atomic mass is 31.0. The number of hydrogen-bond acceptors (Lipinski definition) is 0. The number of aryl methyl sites for hydroxylation is 1. The first kappa shape index (κ1) is 10.7. The van der Waals surface area contributed by atoms with Gasteiger partial charge in [-0.15, -0.1) is 9.24 Å². The molecule has 0 amide bonds. The predicted octanol–water partition coefficient (Wildman–Crippen LogP) is 3.10. The van der Waals surface area contributed by atoms with Gasteiger partial charge >= 0.3 is 0 Å². The van der Waals surface area contributed by atoms with Crippen molar-refractivity contribution in [3.05, 3.63) is 28.8 Å². The van der Waals surface area contributed by atoms with Crippen molar-refractivity contribution >= 4 is 14.5 Å². The van der Waals surface area contributed by atoms with Crippen molar-refractivity contribution in [3.8, 4) is 0 Å². The van der Waals surface area contributed by atoms with E-state index in [-0.39, 0.29) is 5.41 Å². The molecular weight excluding hydrogens is 175 g/mol. The van der Waals surface area contributed by atoms with E-state index >= 15 is 0 Å². The zero-order chi connectivity index (χ0) is 10.2. The fraction of sp³-hybridized carbons (Fsp3) is 0.500. The van der Waals surface area contributed by atoms with Crippen LogP contribution in [0, 0.1) is 13.8 Å². The van der Waals surface area contributed by atoms with Crippen molar-refractivity contribution < 1.29 is 0 Å². The number of rotatable bonds is 0. The highest BCUT2D eigenvalue weighted by Crippen LogP contribution is 2.25. The number of hydrogen-bond donors (Lipinski definition) is 0. The van der Waals surface area contributed by atoms with Gasteiger partial charge in [0.25, 0.3) is 0 Å². The van der Waals surface area contributed by atoms with E-state index in [4.69, 9.17) is 0 Å². The third kappa shape index (κ3) is 2.11. The Bertz CT molecular complexity index is 319. The van der Waals surface area contributed by atoms with Crippen molar-refractivity contribution in [3.63, 3.8) is 0 Å². The van der Waals surface area contributed by atoms with Gasteiger partial charge in [-0.25, -0.2) is 0 Å². The molecule has 1 aromatic carbocycles. The Morgan fingerprint density at radius 1 is 1.08 bits per heavy atom. The normalized spacial score (nSPS) is 11.8. The summed E-state index contributed by atoms with van der Waals surface area (Å²) in [4.78, 5) is 0. The van der Waals surface area contributed by atoms with E-state index in [1.54, 1.807) is 0 Å². The van der Waals surface area contributed by atoms with Crippen LogP contribution in [-0.2, 0) is 5.41 Å². The Balaban J connectivity index is 3.35. The summed E-state index contributed by atoms with van der Waals surface area (Å²) in [6.07, 6.45) is 0. The molecule has 0 aliphatic heterocycles. The van der Waals surface area contributed by atoms with Gasteiger partial charge in [-0.3, -0.25) is 0 Å². The number of benzene rings is 1. The largest absolute Gasteiger partial charge is 0.105 e. The highest BCUT2D eigenvalue weighted by molar-refractivity contribution is 7.27. The minimum absolute atomic E-state index is 0.253.